The summed E-state index contributed by atoms with van der Waals surface area (Å²) in [5, 5.41) is 8.96. The van der Waals surface area contributed by atoms with Crippen molar-refractivity contribution in [1.29, 1.82) is 0 Å². The Bertz CT molecular complexity index is 443. The van der Waals surface area contributed by atoms with Crippen LogP contribution in [0.15, 0.2) is 24.3 Å². The first-order valence-electron chi connectivity index (χ1n) is 7.84. The average molecular weight is 293 g/mol. The summed E-state index contributed by atoms with van der Waals surface area (Å²) < 4.78 is 12.8. The van der Waals surface area contributed by atoms with Crippen LogP contribution < -0.4 is 0 Å². The van der Waals surface area contributed by atoms with E-state index < -0.39 is 0 Å². The van der Waals surface area contributed by atoms with Gasteiger partial charge in [0.1, 0.15) is 5.82 Å². The van der Waals surface area contributed by atoms with Crippen LogP contribution in [0.25, 0.3) is 0 Å². The second-order valence-electron chi connectivity index (χ2n) is 5.73. The topological polar surface area (TPSA) is 40.5 Å². The molecule has 0 amide bonds. The molecule has 0 bridgehead atoms. The first kappa shape index (κ1) is 16.1. The highest BCUT2D eigenvalue weighted by atomic mass is 19.1. The number of aliphatic hydroxyl groups is 1. The van der Waals surface area contributed by atoms with Crippen LogP contribution in [0.1, 0.15) is 48.9 Å². The molecule has 0 unspecified atom stereocenters. The fourth-order valence-electron chi connectivity index (χ4n) is 2.73. The Labute approximate surface area is 125 Å². The normalized spacial score (nSPS) is 15.2. The lowest BCUT2D eigenvalue weighted by molar-refractivity contribution is 0.0939. The summed E-state index contributed by atoms with van der Waals surface area (Å²) in [6, 6.07) is 6.39. The molecule has 3 nitrogen and oxygen atoms in total. The highest BCUT2D eigenvalue weighted by molar-refractivity contribution is 5.95. The zero-order valence-electron chi connectivity index (χ0n) is 12.4. The van der Waals surface area contributed by atoms with E-state index in [9.17, 15) is 9.18 Å². The molecule has 21 heavy (non-hydrogen) atoms. The van der Waals surface area contributed by atoms with Gasteiger partial charge in [0.25, 0.3) is 0 Å². The van der Waals surface area contributed by atoms with Gasteiger partial charge in [-0.2, -0.15) is 0 Å². The number of hydrogen-bond acceptors (Lipinski definition) is 3. The SMILES string of the molecule is O=C(CCCN(CCCO)C1CCC1)c1ccc(F)cc1. The van der Waals surface area contributed by atoms with E-state index in [0.717, 1.165) is 25.9 Å². The number of hydrogen-bond donors (Lipinski definition) is 1. The second kappa shape index (κ2) is 8.25. The fourth-order valence-corrected chi connectivity index (χ4v) is 2.73. The molecule has 1 saturated carbocycles. The van der Waals surface area contributed by atoms with Crippen molar-refractivity contribution in [3.63, 3.8) is 0 Å². The number of rotatable bonds is 9. The van der Waals surface area contributed by atoms with Crippen LogP contribution in [-0.4, -0.2) is 41.5 Å². The van der Waals surface area contributed by atoms with Gasteiger partial charge in [0.15, 0.2) is 5.78 Å². The number of Topliss-reactive ketones (excluding diaryl/α,β-unsaturated/α-hetero) is 1. The van der Waals surface area contributed by atoms with Gasteiger partial charge in [0.2, 0.25) is 0 Å². The molecular formula is C17H24FNO2. The highest BCUT2D eigenvalue weighted by Gasteiger charge is 2.24. The minimum Gasteiger partial charge on any atom is -0.396 e. The van der Waals surface area contributed by atoms with Crippen molar-refractivity contribution in [3.8, 4) is 0 Å². The van der Waals surface area contributed by atoms with Crippen molar-refractivity contribution in [1.82, 2.24) is 4.90 Å². The van der Waals surface area contributed by atoms with E-state index in [1.165, 1.54) is 31.4 Å². The molecule has 1 aromatic carbocycles. The maximum Gasteiger partial charge on any atom is 0.162 e. The van der Waals surface area contributed by atoms with Gasteiger partial charge in [-0.1, -0.05) is 6.42 Å². The Morgan fingerprint density at radius 2 is 1.86 bits per heavy atom. The third-order valence-electron chi connectivity index (χ3n) is 4.21. The molecule has 1 aliphatic carbocycles. The van der Waals surface area contributed by atoms with E-state index >= 15 is 0 Å². The lowest BCUT2D eigenvalue weighted by Crippen LogP contribution is -2.41. The van der Waals surface area contributed by atoms with Crippen LogP contribution in [0.3, 0.4) is 0 Å². The minimum absolute atomic E-state index is 0.0747. The smallest absolute Gasteiger partial charge is 0.162 e. The average Bonchev–Trinajstić information content (AvgIpc) is 2.43. The van der Waals surface area contributed by atoms with Gasteiger partial charge in [-0.3, -0.25) is 4.79 Å². The largest absolute Gasteiger partial charge is 0.396 e. The molecular weight excluding hydrogens is 269 g/mol. The van der Waals surface area contributed by atoms with Crippen molar-refractivity contribution in [3.05, 3.63) is 35.6 Å². The molecule has 0 atom stereocenters. The van der Waals surface area contributed by atoms with E-state index in [1.54, 1.807) is 12.1 Å². The van der Waals surface area contributed by atoms with Crippen LogP contribution in [0.2, 0.25) is 0 Å². The van der Waals surface area contributed by atoms with Crippen LogP contribution in [0.5, 0.6) is 0 Å². The van der Waals surface area contributed by atoms with Gasteiger partial charge < -0.3 is 10.0 Å². The number of halogens is 1. The lowest BCUT2D eigenvalue weighted by atomic mass is 9.91. The third-order valence-corrected chi connectivity index (χ3v) is 4.21. The number of benzene rings is 1. The van der Waals surface area contributed by atoms with Crippen LogP contribution in [0, 0.1) is 5.82 Å². The van der Waals surface area contributed by atoms with Crippen molar-refractivity contribution < 1.29 is 14.3 Å². The van der Waals surface area contributed by atoms with Crippen molar-refractivity contribution in [2.24, 2.45) is 0 Å². The summed E-state index contributed by atoms with van der Waals surface area (Å²) in [4.78, 5) is 14.4. The third kappa shape index (κ3) is 4.90. The van der Waals surface area contributed by atoms with E-state index in [0.29, 0.717) is 18.0 Å². The monoisotopic (exact) mass is 293 g/mol. The van der Waals surface area contributed by atoms with E-state index in [4.69, 9.17) is 5.11 Å². The Kier molecular flexibility index (Phi) is 6.33. The number of ketones is 1. The van der Waals surface area contributed by atoms with Crippen LogP contribution in [0.4, 0.5) is 4.39 Å². The summed E-state index contributed by atoms with van der Waals surface area (Å²) in [6.07, 6.45) is 5.86. The first-order chi connectivity index (χ1) is 10.2. The maximum atomic E-state index is 12.8. The summed E-state index contributed by atoms with van der Waals surface area (Å²) in [5.41, 5.74) is 0.585. The van der Waals surface area contributed by atoms with Crippen LogP contribution in [-0.2, 0) is 0 Å². The fraction of sp³-hybridized carbons (Fsp3) is 0.588. The Morgan fingerprint density at radius 3 is 2.43 bits per heavy atom. The predicted octanol–water partition coefficient (Wildman–Crippen LogP) is 3.03. The Hall–Kier alpha value is -1.26. The van der Waals surface area contributed by atoms with Crippen molar-refractivity contribution >= 4 is 5.78 Å². The molecule has 0 aromatic heterocycles. The highest BCUT2D eigenvalue weighted by Crippen LogP contribution is 2.25. The molecule has 0 spiro atoms. The second-order valence-corrected chi connectivity index (χ2v) is 5.73. The molecule has 2 rings (SSSR count). The zero-order chi connectivity index (χ0) is 15.1. The van der Waals surface area contributed by atoms with Gasteiger partial charge in [-0.15, -0.1) is 0 Å². The molecule has 0 radical (unpaired) electrons. The van der Waals surface area contributed by atoms with E-state index in [2.05, 4.69) is 4.90 Å². The van der Waals surface area contributed by atoms with E-state index in [-0.39, 0.29) is 18.2 Å². The molecule has 1 fully saturated rings. The number of carbonyl (C=O) groups excluding carboxylic acids is 1. The van der Waals surface area contributed by atoms with E-state index in [1.807, 2.05) is 0 Å². The molecule has 1 aliphatic rings. The lowest BCUT2D eigenvalue weighted by Gasteiger charge is -2.37. The molecule has 4 heteroatoms. The summed E-state index contributed by atoms with van der Waals surface area (Å²) in [5.74, 6) is -0.238. The quantitative estimate of drug-likeness (QED) is 0.712. The van der Waals surface area contributed by atoms with Gasteiger partial charge >= 0.3 is 0 Å². The number of aliphatic hydroxyl groups excluding tert-OH is 1. The maximum absolute atomic E-state index is 12.8. The van der Waals surface area contributed by atoms with Crippen molar-refractivity contribution in [2.75, 3.05) is 19.7 Å². The first-order valence-corrected chi connectivity index (χ1v) is 7.84. The van der Waals surface area contributed by atoms with Crippen molar-refractivity contribution in [2.45, 2.75) is 44.6 Å². The molecule has 0 aliphatic heterocycles. The summed E-state index contributed by atoms with van der Waals surface area (Å²) in [7, 11) is 0. The molecule has 1 aromatic rings. The Morgan fingerprint density at radius 1 is 1.19 bits per heavy atom. The van der Waals surface area contributed by atoms with Gasteiger partial charge in [0, 0.05) is 31.2 Å². The molecule has 116 valence electrons. The molecule has 0 saturated heterocycles. The number of nitrogens with zero attached hydrogens (tertiary/aromatic N) is 1. The number of carbonyl (C=O) groups is 1. The summed E-state index contributed by atoms with van der Waals surface area (Å²) in [6.45, 7) is 2.03. The molecule has 0 heterocycles. The van der Waals surface area contributed by atoms with Gasteiger partial charge in [-0.05, 0) is 56.5 Å². The molecule has 1 N–H and O–H groups in total. The Balaban J connectivity index is 1.75. The minimum atomic E-state index is -0.313. The van der Waals surface area contributed by atoms with Gasteiger partial charge in [0.05, 0.1) is 0 Å². The predicted molar refractivity (Wildman–Crippen MR) is 80.9 cm³/mol. The zero-order valence-corrected chi connectivity index (χ0v) is 12.4. The van der Waals surface area contributed by atoms with Crippen LogP contribution >= 0.6 is 0 Å². The summed E-state index contributed by atoms with van der Waals surface area (Å²) >= 11 is 0. The van der Waals surface area contributed by atoms with Gasteiger partial charge in [-0.25, -0.2) is 4.39 Å². The standard InChI is InChI=1S/C17H24FNO2/c18-15-9-7-14(8-10-15)17(21)6-2-11-19(12-3-13-20)16-4-1-5-16/h7-10,16,20H,1-6,11-13H2.